The lowest BCUT2D eigenvalue weighted by atomic mass is 9.87. The van der Waals surface area contributed by atoms with Crippen LogP contribution in [0.5, 0.6) is 0 Å². The van der Waals surface area contributed by atoms with Crippen molar-refractivity contribution in [1.29, 1.82) is 0 Å². The van der Waals surface area contributed by atoms with Crippen molar-refractivity contribution in [3.63, 3.8) is 0 Å². The molecule has 0 aliphatic rings. The molecule has 0 aliphatic heterocycles. The van der Waals surface area contributed by atoms with Crippen molar-refractivity contribution in [3.05, 3.63) is 65.2 Å². The molecule has 0 bridgehead atoms. The van der Waals surface area contributed by atoms with Crippen molar-refractivity contribution in [2.75, 3.05) is 11.9 Å². The second kappa shape index (κ2) is 7.30. The molecule has 4 nitrogen and oxygen atoms in total. The molecule has 0 aliphatic carbocycles. The standard InChI is InChI=1S/C20H23NO3/c1-14-7-5-6-8-17(14)19(23)24-13-18(22)21-16-11-9-15(10-12-16)20(2,3)4/h5-12H,13H2,1-4H3,(H,21,22). The molecule has 0 unspecified atom stereocenters. The van der Waals surface area contributed by atoms with Crippen LogP contribution in [0.15, 0.2) is 48.5 Å². The highest BCUT2D eigenvalue weighted by molar-refractivity contribution is 5.96. The van der Waals surface area contributed by atoms with Crippen LogP contribution in [-0.2, 0) is 14.9 Å². The van der Waals surface area contributed by atoms with Gasteiger partial charge in [0.15, 0.2) is 6.61 Å². The van der Waals surface area contributed by atoms with E-state index in [1.807, 2.05) is 43.3 Å². The van der Waals surface area contributed by atoms with Crippen molar-refractivity contribution >= 4 is 17.6 Å². The molecular formula is C20H23NO3. The lowest BCUT2D eigenvalue weighted by Crippen LogP contribution is -2.21. The third kappa shape index (κ3) is 4.69. The number of hydrogen-bond acceptors (Lipinski definition) is 3. The minimum Gasteiger partial charge on any atom is -0.452 e. The Hall–Kier alpha value is -2.62. The van der Waals surface area contributed by atoms with Crippen LogP contribution in [0.3, 0.4) is 0 Å². The van der Waals surface area contributed by atoms with E-state index in [2.05, 4.69) is 26.1 Å². The maximum atomic E-state index is 12.0. The number of benzene rings is 2. The molecule has 1 amide bonds. The van der Waals surface area contributed by atoms with Gasteiger partial charge in [0.1, 0.15) is 0 Å². The fraction of sp³-hybridized carbons (Fsp3) is 0.300. The Kier molecular flexibility index (Phi) is 5.39. The second-order valence-electron chi connectivity index (χ2n) is 6.77. The fourth-order valence-corrected chi connectivity index (χ4v) is 2.26. The number of nitrogens with one attached hydrogen (secondary N) is 1. The Morgan fingerprint density at radius 2 is 1.62 bits per heavy atom. The third-order valence-corrected chi connectivity index (χ3v) is 3.73. The van der Waals surface area contributed by atoms with Gasteiger partial charge in [-0.1, -0.05) is 51.1 Å². The summed E-state index contributed by atoms with van der Waals surface area (Å²) >= 11 is 0. The molecule has 0 atom stereocenters. The third-order valence-electron chi connectivity index (χ3n) is 3.73. The van der Waals surface area contributed by atoms with Crippen LogP contribution in [-0.4, -0.2) is 18.5 Å². The minimum atomic E-state index is -0.494. The lowest BCUT2D eigenvalue weighted by molar-refractivity contribution is -0.119. The number of ether oxygens (including phenoxy) is 1. The van der Waals surface area contributed by atoms with E-state index in [1.165, 1.54) is 5.56 Å². The first kappa shape index (κ1) is 17.7. The highest BCUT2D eigenvalue weighted by Crippen LogP contribution is 2.23. The van der Waals surface area contributed by atoms with Gasteiger partial charge in [-0.05, 0) is 41.7 Å². The molecule has 4 heteroatoms. The van der Waals surface area contributed by atoms with Gasteiger partial charge >= 0.3 is 5.97 Å². The summed E-state index contributed by atoms with van der Waals surface area (Å²) in [7, 11) is 0. The first-order valence-electron chi connectivity index (χ1n) is 7.90. The average molecular weight is 325 g/mol. The van der Waals surface area contributed by atoms with Crippen LogP contribution in [0.4, 0.5) is 5.69 Å². The summed E-state index contributed by atoms with van der Waals surface area (Å²) in [4.78, 5) is 23.9. The Morgan fingerprint density at radius 1 is 1.00 bits per heavy atom. The number of esters is 1. The summed E-state index contributed by atoms with van der Waals surface area (Å²) in [5.41, 5.74) is 3.22. The smallest absolute Gasteiger partial charge is 0.338 e. The molecule has 0 saturated carbocycles. The molecule has 2 rings (SSSR count). The van der Waals surface area contributed by atoms with Gasteiger partial charge in [0, 0.05) is 5.69 Å². The van der Waals surface area contributed by atoms with Crippen molar-refractivity contribution in [2.24, 2.45) is 0 Å². The summed E-state index contributed by atoms with van der Waals surface area (Å²) in [5.74, 6) is -0.855. The van der Waals surface area contributed by atoms with E-state index in [1.54, 1.807) is 12.1 Å². The number of anilines is 1. The summed E-state index contributed by atoms with van der Waals surface area (Å²) in [6.07, 6.45) is 0. The predicted molar refractivity (Wildman–Crippen MR) is 95.2 cm³/mol. The molecule has 126 valence electrons. The molecule has 0 saturated heterocycles. The Bertz CT molecular complexity index is 727. The molecule has 0 radical (unpaired) electrons. The van der Waals surface area contributed by atoms with Crippen LogP contribution < -0.4 is 5.32 Å². The summed E-state index contributed by atoms with van der Waals surface area (Å²) in [6.45, 7) is 7.91. The molecular weight excluding hydrogens is 302 g/mol. The van der Waals surface area contributed by atoms with Crippen molar-refractivity contribution in [2.45, 2.75) is 33.1 Å². The van der Waals surface area contributed by atoms with Crippen LogP contribution in [0, 0.1) is 6.92 Å². The van der Waals surface area contributed by atoms with E-state index in [4.69, 9.17) is 4.74 Å². The SMILES string of the molecule is Cc1ccccc1C(=O)OCC(=O)Nc1ccc(C(C)(C)C)cc1. The van der Waals surface area contributed by atoms with Gasteiger partial charge in [-0.3, -0.25) is 4.79 Å². The maximum Gasteiger partial charge on any atom is 0.338 e. The molecule has 24 heavy (non-hydrogen) atoms. The Morgan fingerprint density at radius 3 is 2.21 bits per heavy atom. The van der Waals surface area contributed by atoms with E-state index < -0.39 is 5.97 Å². The molecule has 0 fully saturated rings. The second-order valence-corrected chi connectivity index (χ2v) is 6.77. The van der Waals surface area contributed by atoms with Gasteiger partial charge in [-0.25, -0.2) is 4.79 Å². The van der Waals surface area contributed by atoms with Gasteiger partial charge in [0.25, 0.3) is 5.91 Å². The monoisotopic (exact) mass is 325 g/mol. The first-order chi connectivity index (χ1) is 11.3. The Labute approximate surface area is 142 Å². The number of carbonyl (C=O) groups excluding carboxylic acids is 2. The first-order valence-corrected chi connectivity index (χ1v) is 7.90. The zero-order chi connectivity index (χ0) is 17.7. The van der Waals surface area contributed by atoms with Crippen LogP contribution in [0.25, 0.3) is 0 Å². The molecule has 0 heterocycles. The van der Waals surface area contributed by atoms with Gasteiger partial charge in [0.05, 0.1) is 5.56 Å². The molecule has 0 spiro atoms. The van der Waals surface area contributed by atoms with Gasteiger partial charge in [0.2, 0.25) is 0 Å². The van der Waals surface area contributed by atoms with Gasteiger partial charge in [-0.15, -0.1) is 0 Å². The molecule has 1 N–H and O–H groups in total. The molecule has 2 aromatic rings. The normalized spacial score (nSPS) is 11.0. The fourth-order valence-electron chi connectivity index (χ4n) is 2.26. The maximum absolute atomic E-state index is 12.0. The van der Waals surface area contributed by atoms with E-state index in [9.17, 15) is 9.59 Å². The zero-order valence-electron chi connectivity index (χ0n) is 14.6. The minimum absolute atomic E-state index is 0.0611. The quantitative estimate of drug-likeness (QED) is 0.862. The predicted octanol–water partition coefficient (Wildman–Crippen LogP) is 4.09. The zero-order valence-corrected chi connectivity index (χ0v) is 14.6. The molecule has 0 aromatic heterocycles. The van der Waals surface area contributed by atoms with Crippen LogP contribution >= 0.6 is 0 Å². The summed E-state index contributed by atoms with van der Waals surface area (Å²) in [5, 5.41) is 2.73. The van der Waals surface area contributed by atoms with E-state index in [0.29, 0.717) is 11.3 Å². The van der Waals surface area contributed by atoms with Crippen LogP contribution in [0.2, 0.25) is 0 Å². The van der Waals surface area contributed by atoms with E-state index in [0.717, 1.165) is 5.56 Å². The highest BCUT2D eigenvalue weighted by Gasteiger charge is 2.14. The number of carbonyl (C=O) groups is 2. The number of rotatable bonds is 4. The van der Waals surface area contributed by atoms with Crippen molar-refractivity contribution in [3.8, 4) is 0 Å². The van der Waals surface area contributed by atoms with Crippen molar-refractivity contribution < 1.29 is 14.3 Å². The number of amides is 1. The number of aryl methyl sites for hydroxylation is 1. The average Bonchev–Trinajstić information content (AvgIpc) is 2.53. The van der Waals surface area contributed by atoms with Crippen molar-refractivity contribution in [1.82, 2.24) is 0 Å². The summed E-state index contributed by atoms with van der Waals surface area (Å²) in [6, 6.07) is 14.8. The van der Waals surface area contributed by atoms with Gasteiger partial charge in [-0.2, -0.15) is 0 Å². The molecule has 2 aromatic carbocycles. The Balaban J connectivity index is 1.90. The summed E-state index contributed by atoms with van der Waals surface area (Å²) < 4.78 is 5.07. The van der Waals surface area contributed by atoms with Crippen LogP contribution in [0.1, 0.15) is 42.3 Å². The highest BCUT2D eigenvalue weighted by atomic mass is 16.5. The van der Waals surface area contributed by atoms with Gasteiger partial charge < -0.3 is 10.1 Å². The topological polar surface area (TPSA) is 55.4 Å². The number of hydrogen-bond donors (Lipinski definition) is 1. The van der Waals surface area contributed by atoms with E-state index in [-0.39, 0.29) is 17.9 Å². The lowest BCUT2D eigenvalue weighted by Gasteiger charge is -2.19. The largest absolute Gasteiger partial charge is 0.452 e. The van der Waals surface area contributed by atoms with E-state index >= 15 is 0 Å².